The fourth-order valence-corrected chi connectivity index (χ4v) is 3.79. The van der Waals surface area contributed by atoms with Gasteiger partial charge in [-0.05, 0) is 31.4 Å². The number of pyridine rings is 1. The third-order valence-corrected chi connectivity index (χ3v) is 5.02. The molecule has 0 bridgehead atoms. The first-order valence-corrected chi connectivity index (χ1v) is 8.50. The van der Waals surface area contributed by atoms with Gasteiger partial charge in [-0.25, -0.2) is 9.31 Å². The molecule has 0 saturated carbocycles. The molecule has 2 aromatic rings. The van der Waals surface area contributed by atoms with Crippen LogP contribution in [-0.2, 0) is 4.74 Å². The summed E-state index contributed by atoms with van der Waals surface area (Å²) in [4.78, 5) is 14.5. The van der Waals surface area contributed by atoms with E-state index >= 15 is 0 Å². The smallest absolute Gasteiger partial charge is 0.323 e. The van der Waals surface area contributed by atoms with Crippen molar-refractivity contribution in [1.29, 1.82) is 0 Å². The van der Waals surface area contributed by atoms with E-state index < -0.39 is 6.10 Å². The largest absolute Gasteiger partial charge is 0.393 e. The molecule has 4 heterocycles. The molecule has 0 spiro atoms. The lowest BCUT2D eigenvalue weighted by Gasteiger charge is -2.36. The molecule has 24 heavy (non-hydrogen) atoms. The molecule has 2 fully saturated rings. The molecule has 4 rings (SSSR count). The number of aromatic nitrogens is 2. The van der Waals surface area contributed by atoms with Crippen molar-refractivity contribution in [3.8, 4) is 0 Å². The van der Waals surface area contributed by atoms with E-state index in [9.17, 15) is 9.90 Å². The number of ether oxygens (including phenoxy) is 1. The molecule has 0 aromatic carbocycles. The van der Waals surface area contributed by atoms with Crippen molar-refractivity contribution in [3.63, 3.8) is 0 Å². The van der Waals surface area contributed by atoms with E-state index in [1.54, 1.807) is 4.52 Å². The average Bonchev–Trinajstić information content (AvgIpc) is 3.21. The first-order valence-electron chi connectivity index (χ1n) is 8.50. The number of aliphatic hydroxyl groups is 1. The van der Waals surface area contributed by atoms with Gasteiger partial charge in [0.05, 0.1) is 18.2 Å². The monoisotopic (exact) mass is 330 g/mol. The SMILES string of the molecule is O=C(Nc1cc2ccccn2n1)N1CCCC1C1COCCC1O. The topological polar surface area (TPSA) is 79.1 Å². The number of carbonyl (C=O) groups excluding carboxylic acids is 1. The summed E-state index contributed by atoms with van der Waals surface area (Å²) in [5.74, 6) is 0.533. The van der Waals surface area contributed by atoms with Crippen LogP contribution < -0.4 is 5.32 Å². The summed E-state index contributed by atoms with van der Waals surface area (Å²) in [6, 6.07) is 7.49. The summed E-state index contributed by atoms with van der Waals surface area (Å²) >= 11 is 0. The number of rotatable bonds is 2. The first-order chi connectivity index (χ1) is 11.7. The standard InChI is InChI=1S/C17H22N4O3/c22-15-6-9-24-11-13(15)14-5-3-7-20(14)17(23)18-16-10-12-4-1-2-8-21(12)19-16/h1-2,4,8,10,13-15,22H,3,5-7,9,11H2,(H,18,19,23). The summed E-state index contributed by atoms with van der Waals surface area (Å²) in [6.45, 7) is 1.81. The molecule has 2 N–H and O–H groups in total. The van der Waals surface area contributed by atoms with Gasteiger partial charge >= 0.3 is 6.03 Å². The maximum absolute atomic E-state index is 12.7. The van der Waals surface area contributed by atoms with Gasteiger partial charge in [-0.1, -0.05) is 6.07 Å². The Morgan fingerprint density at radius 2 is 2.29 bits per heavy atom. The number of nitrogens with one attached hydrogen (secondary N) is 1. The zero-order valence-electron chi connectivity index (χ0n) is 13.5. The predicted molar refractivity (Wildman–Crippen MR) is 88.9 cm³/mol. The minimum Gasteiger partial charge on any atom is -0.393 e. The third kappa shape index (κ3) is 2.85. The number of aliphatic hydroxyl groups excluding tert-OH is 1. The van der Waals surface area contributed by atoms with Crippen LogP contribution >= 0.6 is 0 Å². The average molecular weight is 330 g/mol. The minimum absolute atomic E-state index is 0.00642. The highest BCUT2D eigenvalue weighted by Gasteiger charge is 2.39. The van der Waals surface area contributed by atoms with Gasteiger partial charge < -0.3 is 14.7 Å². The summed E-state index contributed by atoms with van der Waals surface area (Å²) < 4.78 is 7.25. The molecule has 7 heteroatoms. The van der Waals surface area contributed by atoms with Crippen molar-refractivity contribution < 1.29 is 14.6 Å². The molecule has 7 nitrogen and oxygen atoms in total. The number of amides is 2. The Labute approximate surface area is 140 Å². The van der Waals surface area contributed by atoms with E-state index in [1.165, 1.54) is 0 Å². The van der Waals surface area contributed by atoms with Gasteiger partial charge in [0, 0.05) is 37.4 Å². The Morgan fingerprint density at radius 3 is 3.12 bits per heavy atom. The molecular weight excluding hydrogens is 308 g/mol. The van der Waals surface area contributed by atoms with Crippen molar-refractivity contribution in [1.82, 2.24) is 14.5 Å². The second kappa shape index (κ2) is 6.41. The van der Waals surface area contributed by atoms with Gasteiger partial charge in [0.2, 0.25) is 0 Å². The second-order valence-corrected chi connectivity index (χ2v) is 6.53. The lowest BCUT2D eigenvalue weighted by Crippen LogP contribution is -2.49. The van der Waals surface area contributed by atoms with Gasteiger partial charge in [0.1, 0.15) is 0 Å². The van der Waals surface area contributed by atoms with Crippen molar-refractivity contribution in [2.75, 3.05) is 25.1 Å². The molecule has 0 radical (unpaired) electrons. The molecule has 2 amide bonds. The van der Waals surface area contributed by atoms with E-state index in [0.29, 0.717) is 32.0 Å². The molecule has 3 unspecified atom stereocenters. The zero-order chi connectivity index (χ0) is 16.5. The maximum atomic E-state index is 12.7. The summed E-state index contributed by atoms with van der Waals surface area (Å²) in [5.41, 5.74) is 0.932. The number of anilines is 1. The molecule has 0 aliphatic carbocycles. The molecule has 2 aromatic heterocycles. The Morgan fingerprint density at radius 1 is 1.38 bits per heavy atom. The van der Waals surface area contributed by atoms with Crippen LogP contribution in [0, 0.1) is 5.92 Å². The highest BCUT2D eigenvalue weighted by atomic mass is 16.5. The van der Waals surface area contributed by atoms with Crippen molar-refractivity contribution in [2.45, 2.75) is 31.4 Å². The van der Waals surface area contributed by atoms with Crippen LogP contribution in [0.4, 0.5) is 10.6 Å². The van der Waals surface area contributed by atoms with Crippen LogP contribution in [-0.4, -0.2) is 57.6 Å². The number of carbonyl (C=O) groups is 1. The number of nitrogens with zero attached hydrogens (tertiary/aromatic N) is 3. The lowest BCUT2D eigenvalue weighted by molar-refractivity contribution is -0.0571. The fraction of sp³-hybridized carbons (Fsp3) is 0.529. The van der Waals surface area contributed by atoms with Gasteiger partial charge in [-0.2, -0.15) is 0 Å². The first kappa shape index (κ1) is 15.4. The zero-order valence-corrected chi connectivity index (χ0v) is 13.5. The third-order valence-electron chi connectivity index (χ3n) is 5.02. The normalized spacial score (nSPS) is 27.5. The van der Waals surface area contributed by atoms with E-state index in [1.807, 2.05) is 35.4 Å². The minimum atomic E-state index is -0.396. The molecule has 3 atom stereocenters. The molecule has 2 aliphatic heterocycles. The quantitative estimate of drug-likeness (QED) is 0.879. The van der Waals surface area contributed by atoms with Crippen molar-refractivity contribution >= 4 is 17.4 Å². The van der Waals surface area contributed by atoms with Crippen molar-refractivity contribution in [3.05, 3.63) is 30.5 Å². The molecule has 2 saturated heterocycles. The number of fused-ring (bicyclic) bond motifs is 1. The number of likely N-dealkylation sites (tertiary alicyclic amines) is 1. The summed E-state index contributed by atoms with van der Waals surface area (Å²) in [5, 5.41) is 17.5. The van der Waals surface area contributed by atoms with Gasteiger partial charge in [-0.15, -0.1) is 5.10 Å². The van der Waals surface area contributed by atoms with Crippen LogP contribution in [0.5, 0.6) is 0 Å². The molecule has 128 valence electrons. The fourth-order valence-electron chi connectivity index (χ4n) is 3.79. The summed E-state index contributed by atoms with van der Waals surface area (Å²) in [6.07, 6.45) is 3.95. The number of hydrogen-bond donors (Lipinski definition) is 2. The van der Waals surface area contributed by atoms with Gasteiger partial charge in [0.25, 0.3) is 0 Å². The Balaban J connectivity index is 1.48. The van der Waals surface area contributed by atoms with E-state index in [-0.39, 0.29) is 18.0 Å². The van der Waals surface area contributed by atoms with E-state index in [4.69, 9.17) is 4.74 Å². The van der Waals surface area contributed by atoms with Crippen LogP contribution in [0.2, 0.25) is 0 Å². The van der Waals surface area contributed by atoms with E-state index in [0.717, 1.165) is 18.4 Å². The predicted octanol–water partition coefficient (Wildman–Crippen LogP) is 1.73. The van der Waals surface area contributed by atoms with Crippen LogP contribution in [0.15, 0.2) is 30.5 Å². The molecular formula is C17H22N4O3. The number of urea groups is 1. The maximum Gasteiger partial charge on any atom is 0.323 e. The van der Waals surface area contributed by atoms with E-state index in [2.05, 4.69) is 10.4 Å². The van der Waals surface area contributed by atoms with Gasteiger partial charge in [-0.3, -0.25) is 5.32 Å². The Bertz CT molecular complexity index is 698. The Hall–Kier alpha value is -2.12. The van der Waals surface area contributed by atoms with Crippen LogP contribution in [0.3, 0.4) is 0 Å². The Kier molecular flexibility index (Phi) is 4.12. The van der Waals surface area contributed by atoms with Gasteiger partial charge in [0.15, 0.2) is 5.82 Å². The van der Waals surface area contributed by atoms with Crippen LogP contribution in [0.25, 0.3) is 5.52 Å². The summed E-state index contributed by atoms with van der Waals surface area (Å²) in [7, 11) is 0. The number of hydrogen-bond acceptors (Lipinski definition) is 4. The highest BCUT2D eigenvalue weighted by molar-refractivity contribution is 5.89. The highest BCUT2D eigenvalue weighted by Crippen LogP contribution is 2.30. The lowest BCUT2D eigenvalue weighted by atomic mass is 9.89. The van der Waals surface area contributed by atoms with Crippen molar-refractivity contribution in [2.24, 2.45) is 5.92 Å². The molecule has 2 aliphatic rings. The van der Waals surface area contributed by atoms with Crippen LogP contribution in [0.1, 0.15) is 19.3 Å². The second-order valence-electron chi connectivity index (χ2n) is 6.53.